The maximum absolute atomic E-state index is 13.3. The van der Waals surface area contributed by atoms with Gasteiger partial charge in [0, 0.05) is 30.4 Å². The van der Waals surface area contributed by atoms with Crippen LogP contribution in [0.25, 0.3) is 0 Å². The highest BCUT2D eigenvalue weighted by Crippen LogP contribution is 2.53. The van der Waals surface area contributed by atoms with Crippen LogP contribution in [0, 0.1) is 0 Å². The molecule has 1 heterocycles. The summed E-state index contributed by atoms with van der Waals surface area (Å²) in [4.78, 5) is 17.8. The number of nitrogens with zero attached hydrogens (tertiary/aromatic N) is 1. The first kappa shape index (κ1) is 36.4. The standard InChI is InChI=1S/C28H37N2O9PS2.CH4/c1-18(2)38-40(32,39-19(3)4)16-22-17-41-28(29-22)30-27(31)21-12-24(36-20(5)15-35-6)14-25(13-21)37-23-8-10-26(11-9-23)42(7,33)34;/h8-14,17-20H,15-16H2,1-7H3,(H,29,30,31);1H4/t20-;/m0./s1. The molecule has 0 radical (unpaired) electrons. The van der Waals surface area contributed by atoms with Crippen LogP contribution in [0.1, 0.15) is 58.1 Å². The van der Waals surface area contributed by atoms with Gasteiger partial charge in [-0.1, -0.05) is 7.43 Å². The topological polar surface area (TPSA) is 139 Å². The van der Waals surface area contributed by atoms with Gasteiger partial charge < -0.3 is 23.3 Å². The van der Waals surface area contributed by atoms with Crippen LogP contribution < -0.4 is 14.8 Å². The molecular weight excluding hydrogens is 615 g/mol. The van der Waals surface area contributed by atoms with E-state index in [-0.39, 0.29) is 42.4 Å². The smallest absolute Gasteiger partial charge is 0.337 e. The summed E-state index contributed by atoms with van der Waals surface area (Å²) in [5, 5.41) is 4.75. The van der Waals surface area contributed by atoms with Crippen molar-refractivity contribution in [1.29, 1.82) is 0 Å². The lowest BCUT2D eigenvalue weighted by atomic mass is 10.2. The van der Waals surface area contributed by atoms with Gasteiger partial charge in [0.05, 0.1) is 35.6 Å². The van der Waals surface area contributed by atoms with Crippen LogP contribution in [0.15, 0.2) is 52.7 Å². The van der Waals surface area contributed by atoms with Crippen molar-refractivity contribution in [2.24, 2.45) is 0 Å². The average molecular weight is 657 g/mol. The van der Waals surface area contributed by atoms with Crippen molar-refractivity contribution in [3.8, 4) is 17.2 Å². The first-order valence-electron chi connectivity index (χ1n) is 13.2. The third kappa shape index (κ3) is 11.7. The molecule has 238 valence electrons. The van der Waals surface area contributed by atoms with E-state index in [9.17, 15) is 17.8 Å². The number of sulfone groups is 1. The molecule has 1 atom stereocenters. The number of methoxy groups -OCH3 is 1. The number of ether oxygens (including phenoxy) is 3. The Labute approximate surface area is 258 Å². The van der Waals surface area contributed by atoms with Crippen molar-refractivity contribution in [3.63, 3.8) is 0 Å². The monoisotopic (exact) mass is 656 g/mol. The van der Waals surface area contributed by atoms with Crippen LogP contribution in [0.4, 0.5) is 5.13 Å². The molecule has 0 bridgehead atoms. The van der Waals surface area contributed by atoms with Gasteiger partial charge in [0.2, 0.25) is 0 Å². The van der Waals surface area contributed by atoms with Crippen molar-refractivity contribution in [2.75, 3.05) is 25.3 Å². The van der Waals surface area contributed by atoms with E-state index in [1.807, 2.05) is 6.92 Å². The van der Waals surface area contributed by atoms with Crippen LogP contribution in [-0.4, -0.2) is 57.6 Å². The van der Waals surface area contributed by atoms with E-state index in [4.69, 9.17) is 23.3 Å². The molecule has 1 aromatic heterocycles. The Morgan fingerprint density at radius 1 is 0.977 bits per heavy atom. The molecule has 0 aliphatic rings. The van der Waals surface area contributed by atoms with E-state index >= 15 is 0 Å². The van der Waals surface area contributed by atoms with Crippen LogP contribution >= 0.6 is 18.9 Å². The fraction of sp³-hybridized carbons (Fsp3) is 0.448. The molecule has 0 aliphatic carbocycles. The predicted octanol–water partition coefficient (Wildman–Crippen LogP) is 7.18. The molecule has 0 fully saturated rings. The molecule has 2 aromatic carbocycles. The van der Waals surface area contributed by atoms with E-state index in [1.165, 1.54) is 41.7 Å². The van der Waals surface area contributed by atoms with Gasteiger partial charge in [-0.05, 0) is 71.0 Å². The molecule has 0 saturated heterocycles. The second kappa shape index (κ2) is 15.8. The zero-order chi connectivity index (χ0) is 31.1. The minimum Gasteiger partial charge on any atom is -0.488 e. The van der Waals surface area contributed by atoms with Crippen molar-refractivity contribution >= 4 is 39.8 Å². The van der Waals surface area contributed by atoms with E-state index in [0.717, 1.165) is 6.26 Å². The fourth-order valence-corrected chi connectivity index (χ4v) is 7.27. The molecular formula is C29H41N2O9PS2. The second-order valence-corrected chi connectivity index (χ2v) is 14.9. The Balaban J connectivity index is 0.00000645. The molecule has 3 rings (SSSR count). The maximum Gasteiger partial charge on any atom is 0.337 e. The summed E-state index contributed by atoms with van der Waals surface area (Å²) < 4.78 is 65.0. The normalized spacial score (nSPS) is 12.6. The summed E-state index contributed by atoms with van der Waals surface area (Å²) in [6, 6.07) is 10.7. The second-order valence-electron chi connectivity index (χ2n) is 10.1. The summed E-state index contributed by atoms with van der Waals surface area (Å²) in [5.74, 6) is 0.564. The Morgan fingerprint density at radius 3 is 2.14 bits per heavy atom. The predicted molar refractivity (Wildman–Crippen MR) is 169 cm³/mol. The first-order valence-corrected chi connectivity index (χ1v) is 17.7. The van der Waals surface area contributed by atoms with Crippen molar-refractivity contribution in [1.82, 2.24) is 4.98 Å². The van der Waals surface area contributed by atoms with Gasteiger partial charge in [0.15, 0.2) is 15.0 Å². The molecule has 14 heteroatoms. The number of anilines is 1. The lowest BCUT2D eigenvalue weighted by Crippen LogP contribution is -2.18. The Kier molecular flexibility index (Phi) is 13.4. The molecule has 0 spiro atoms. The van der Waals surface area contributed by atoms with Gasteiger partial charge >= 0.3 is 7.60 Å². The van der Waals surface area contributed by atoms with Gasteiger partial charge in [0.25, 0.3) is 5.91 Å². The van der Waals surface area contributed by atoms with Crippen LogP contribution in [-0.2, 0) is 34.3 Å². The number of thiazole rings is 1. The summed E-state index contributed by atoms with van der Waals surface area (Å²) in [6.45, 7) is 9.26. The van der Waals surface area contributed by atoms with Crippen molar-refractivity contribution in [2.45, 2.75) is 71.4 Å². The van der Waals surface area contributed by atoms with Crippen LogP contribution in [0.5, 0.6) is 17.2 Å². The number of rotatable bonds is 15. The maximum atomic E-state index is 13.3. The molecule has 1 amide bonds. The zero-order valence-electron chi connectivity index (χ0n) is 24.7. The third-order valence-electron chi connectivity index (χ3n) is 5.24. The first-order chi connectivity index (χ1) is 19.7. The van der Waals surface area contributed by atoms with Gasteiger partial charge in [-0.2, -0.15) is 0 Å². The molecule has 43 heavy (non-hydrogen) atoms. The van der Waals surface area contributed by atoms with Crippen LogP contribution in [0.2, 0.25) is 0 Å². The van der Waals surface area contributed by atoms with Gasteiger partial charge in [-0.25, -0.2) is 13.4 Å². The minimum absolute atomic E-state index is 0. The third-order valence-corrected chi connectivity index (χ3v) is 9.37. The minimum atomic E-state index is -3.46. The fourth-order valence-electron chi connectivity index (χ4n) is 3.77. The molecule has 0 unspecified atom stereocenters. The molecule has 0 aliphatic heterocycles. The molecule has 0 saturated carbocycles. The van der Waals surface area contributed by atoms with E-state index in [2.05, 4.69) is 10.3 Å². The Hall–Kier alpha value is -2.80. The lowest BCUT2D eigenvalue weighted by molar-refractivity contribution is 0.0916. The number of aromatic nitrogens is 1. The Bertz CT molecular complexity index is 1490. The summed E-state index contributed by atoms with van der Waals surface area (Å²) in [5.41, 5.74) is 0.695. The number of carbonyl (C=O) groups is 1. The van der Waals surface area contributed by atoms with Crippen molar-refractivity contribution < 1.29 is 41.0 Å². The lowest BCUT2D eigenvalue weighted by Gasteiger charge is -2.22. The summed E-state index contributed by atoms with van der Waals surface area (Å²) in [6.07, 6.45) is 0.171. The highest BCUT2D eigenvalue weighted by Gasteiger charge is 2.29. The van der Waals surface area contributed by atoms with E-state index in [1.54, 1.807) is 52.3 Å². The number of nitrogens with one attached hydrogen (secondary N) is 1. The number of benzene rings is 2. The van der Waals surface area contributed by atoms with Crippen molar-refractivity contribution in [3.05, 3.63) is 59.1 Å². The number of hydrogen-bond donors (Lipinski definition) is 1. The van der Waals surface area contributed by atoms with Crippen LogP contribution in [0.3, 0.4) is 0 Å². The quantitative estimate of drug-likeness (QED) is 0.167. The highest BCUT2D eigenvalue weighted by atomic mass is 32.2. The molecule has 1 N–H and O–H groups in total. The SMILES string of the molecule is C.COC[C@H](C)Oc1cc(Oc2ccc(S(C)(=O)=O)cc2)cc(C(=O)Nc2nc(CP(=O)(OC(C)C)OC(C)C)cs2)c1. The van der Waals surface area contributed by atoms with Gasteiger partial charge in [-0.3, -0.25) is 14.7 Å². The number of carbonyl (C=O) groups excluding carboxylic acids is 1. The van der Waals surface area contributed by atoms with E-state index in [0.29, 0.717) is 34.7 Å². The molecule has 3 aromatic rings. The number of amides is 1. The number of hydrogen-bond acceptors (Lipinski definition) is 11. The van der Waals surface area contributed by atoms with E-state index < -0.39 is 23.3 Å². The summed E-state index contributed by atoms with van der Waals surface area (Å²) >= 11 is 1.18. The van der Waals surface area contributed by atoms with Gasteiger partial charge in [-0.15, -0.1) is 11.3 Å². The summed E-state index contributed by atoms with van der Waals surface area (Å²) in [7, 11) is -5.26. The molecule has 11 nitrogen and oxygen atoms in total. The zero-order valence-corrected chi connectivity index (χ0v) is 27.2. The largest absolute Gasteiger partial charge is 0.488 e. The average Bonchev–Trinajstić information content (AvgIpc) is 3.28. The highest BCUT2D eigenvalue weighted by molar-refractivity contribution is 7.90. The Morgan fingerprint density at radius 2 is 1.58 bits per heavy atom. The van der Waals surface area contributed by atoms with Gasteiger partial charge in [0.1, 0.15) is 23.4 Å².